The van der Waals surface area contributed by atoms with Crippen LogP contribution in [0.15, 0.2) is 34.8 Å². The number of aliphatic imine (C=N–C) groups is 1. The number of hydrogen-bond acceptors (Lipinski definition) is 5. The van der Waals surface area contributed by atoms with E-state index in [1.165, 1.54) is 4.88 Å². The number of nitrogens with zero attached hydrogens (tertiary/aromatic N) is 6. The molecule has 0 aliphatic heterocycles. The monoisotopic (exact) mass is 486 g/mol. The second kappa shape index (κ2) is 9.67. The van der Waals surface area contributed by atoms with Gasteiger partial charge in [-0.25, -0.2) is 4.99 Å². The van der Waals surface area contributed by atoms with Gasteiger partial charge < -0.3 is 15.2 Å². The molecule has 10 heteroatoms. The Balaban J connectivity index is 0.00000243. The van der Waals surface area contributed by atoms with Crippen LogP contribution in [0.2, 0.25) is 0 Å². The number of thiophene rings is 1. The molecule has 0 aliphatic carbocycles. The fourth-order valence-corrected chi connectivity index (χ4v) is 2.89. The van der Waals surface area contributed by atoms with Crippen molar-refractivity contribution in [3.63, 3.8) is 0 Å². The summed E-state index contributed by atoms with van der Waals surface area (Å²) in [6, 6.07) is 6.11. The van der Waals surface area contributed by atoms with Crippen molar-refractivity contribution in [2.24, 2.45) is 19.1 Å². The van der Waals surface area contributed by atoms with Crippen LogP contribution in [-0.2, 0) is 33.7 Å². The molecule has 0 bridgehead atoms. The molecule has 8 nitrogen and oxygen atoms in total. The molecule has 0 fully saturated rings. The molecule has 26 heavy (non-hydrogen) atoms. The third-order valence-corrected chi connectivity index (χ3v) is 4.80. The molecule has 3 rings (SSSR count). The standard InChI is InChI=1S/C16H22N8S.HI/c1-12-21-22-15(23(12)2)11-19-16(18-10-14-5-4-8-25-14)17-9-13-6-7-20-24(13)3;/h4-8H,9-11H2,1-3H3,(H2,17,18,19);1H. The van der Waals surface area contributed by atoms with E-state index >= 15 is 0 Å². The smallest absolute Gasteiger partial charge is 0.192 e. The Morgan fingerprint density at radius 3 is 2.62 bits per heavy atom. The van der Waals surface area contributed by atoms with E-state index in [-0.39, 0.29) is 24.0 Å². The molecule has 3 heterocycles. The number of guanidine groups is 1. The van der Waals surface area contributed by atoms with E-state index in [9.17, 15) is 0 Å². The molecule has 0 unspecified atom stereocenters. The summed E-state index contributed by atoms with van der Waals surface area (Å²) in [4.78, 5) is 5.91. The fraction of sp³-hybridized carbons (Fsp3) is 0.375. The zero-order chi connectivity index (χ0) is 17.6. The van der Waals surface area contributed by atoms with E-state index in [0.29, 0.717) is 13.1 Å². The van der Waals surface area contributed by atoms with E-state index in [4.69, 9.17) is 0 Å². The molecule has 0 amide bonds. The van der Waals surface area contributed by atoms with Crippen molar-refractivity contribution in [1.29, 1.82) is 0 Å². The van der Waals surface area contributed by atoms with Crippen LogP contribution < -0.4 is 10.6 Å². The van der Waals surface area contributed by atoms with Crippen molar-refractivity contribution in [3.05, 3.63) is 52.0 Å². The number of nitrogens with one attached hydrogen (secondary N) is 2. The van der Waals surface area contributed by atoms with Gasteiger partial charge in [0.2, 0.25) is 0 Å². The van der Waals surface area contributed by atoms with Crippen LogP contribution in [-0.4, -0.2) is 30.5 Å². The minimum atomic E-state index is 0. The number of aryl methyl sites for hydroxylation is 2. The van der Waals surface area contributed by atoms with Crippen LogP contribution in [0.5, 0.6) is 0 Å². The third-order valence-electron chi connectivity index (χ3n) is 3.93. The quantitative estimate of drug-likeness (QED) is 0.316. The molecule has 3 aromatic heterocycles. The molecular formula is C16H23IN8S. The largest absolute Gasteiger partial charge is 0.351 e. The molecule has 0 atom stereocenters. The van der Waals surface area contributed by atoms with E-state index in [1.54, 1.807) is 17.5 Å². The van der Waals surface area contributed by atoms with Crippen molar-refractivity contribution >= 4 is 41.3 Å². The maximum atomic E-state index is 4.66. The normalized spacial score (nSPS) is 11.3. The van der Waals surface area contributed by atoms with Gasteiger partial charge >= 0.3 is 0 Å². The minimum absolute atomic E-state index is 0. The number of aromatic nitrogens is 5. The summed E-state index contributed by atoms with van der Waals surface area (Å²) < 4.78 is 3.79. The highest BCUT2D eigenvalue weighted by Gasteiger charge is 2.07. The Bertz CT molecular complexity index is 836. The topological polar surface area (TPSA) is 85.0 Å². The first-order valence-corrected chi connectivity index (χ1v) is 8.88. The first-order chi connectivity index (χ1) is 12.1. The van der Waals surface area contributed by atoms with Crippen LogP contribution in [0.1, 0.15) is 22.2 Å². The van der Waals surface area contributed by atoms with Crippen LogP contribution in [0.3, 0.4) is 0 Å². The summed E-state index contributed by atoms with van der Waals surface area (Å²) in [6.07, 6.45) is 1.78. The van der Waals surface area contributed by atoms with Crippen molar-refractivity contribution in [1.82, 2.24) is 35.2 Å². The zero-order valence-electron chi connectivity index (χ0n) is 15.0. The molecular weight excluding hydrogens is 463 g/mol. The highest BCUT2D eigenvalue weighted by molar-refractivity contribution is 14.0. The van der Waals surface area contributed by atoms with Gasteiger partial charge in [-0.15, -0.1) is 45.5 Å². The van der Waals surface area contributed by atoms with Crippen LogP contribution in [0.4, 0.5) is 0 Å². The average Bonchev–Trinajstić information content (AvgIpc) is 3.33. The second-order valence-electron chi connectivity index (χ2n) is 5.62. The molecule has 3 aromatic rings. The summed E-state index contributed by atoms with van der Waals surface area (Å²) >= 11 is 1.72. The first-order valence-electron chi connectivity index (χ1n) is 8.00. The minimum Gasteiger partial charge on any atom is -0.351 e. The highest BCUT2D eigenvalue weighted by Crippen LogP contribution is 2.07. The third kappa shape index (κ3) is 5.27. The molecule has 0 radical (unpaired) electrons. The Hall–Kier alpha value is -1.95. The molecule has 0 saturated carbocycles. The Morgan fingerprint density at radius 2 is 2.00 bits per heavy atom. The van der Waals surface area contributed by atoms with Gasteiger partial charge in [-0.1, -0.05) is 6.07 Å². The average molecular weight is 486 g/mol. The molecule has 2 N–H and O–H groups in total. The second-order valence-corrected chi connectivity index (χ2v) is 6.65. The Labute approximate surface area is 173 Å². The number of halogens is 1. The fourth-order valence-electron chi connectivity index (χ4n) is 2.24. The number of rotatable bonds is 6. The lowest BCUT2D eigenvalue weighted by Gasteiger charge is -2.12. The van der Waals surface area contributed by atoms with Gasteiger partial charge in [0.15, 0.2) is 11.8 Å². The predicted molar refractivity (Wildman–Crippen MR) is 114 cm³/mol. The van der Waals surface area contributed by atoms with Crippen molar-refractivity contribution < 1.29 is 0 Å². The van der Waals surface area contributed by atoms with Gasteiger partial charge in [-0.05, 0) is 24.4 Å². The summed E-state index contributed by atoms with van der Waals surface area (Å²) in [5.41, 5.74) is 1.05. The lowest BCUT2D eigenvalue weighted by Crippen LogP contribution is -2.37. The van der Waals surface area contributed by atoms with Gasteiger partial charge in [0.05, 0.1) is 25.3 Å². The highest BCUT2D eigenvalue weighted by atomic mass is 127. The van der Waals surface area contributed by atoms with Gasteiger partial charge in [0.25, 0.3) is 0 Å². The van der Waals surface area contributed by atoms with Crippen molar-refractivity contribution in [2.75, 3.05) is 0 Å². The van der Waals surface area contributed by atoms with E-state index in [2.05, 4.69) is 42.4 Å². The molecule has 0 spiro atoms. The van der Waals surface area contributed by atoms with E-state index < -0.39 is 0 Å². The lowest BCUT2D eigenvalue weighted by molar-refractivity contribution is 0.696. The summed E-state index contributed by atoms with van der Waals surface area (Å²) in [5, 5.41) is 21.2. The Morgan fingerprint density at radius 1 is 1.19 bits per heavy atom. The van der Waals surface area contributed by atoms with E-state index in [0.717, 1.165) is 29.8 Å². The predicted octanol–water partition coefficient (Wildman–Crippen LogP) is 1.97. The van der Waals surface area contributed by atoms with Gasteiger partial charge in [0, 0.05) is 25.2 Å². The zero-order valence-corrected chi connectivity index (χ0v) is 18.2. The SMILES string of the molecule is Cc1nnc(CNC(=NCc2ccnn2C)NCc2cccs2)n1C.I. The van der Waals surface area contributed by atoms with Crippen LogP contribution in [0, 0.1) is 6.92 Å². The van der Waals surface area contributed by atoms with Gasteiger partial charge in [0.1, 0.15) is 5.82 Å². The Kier molecular flexibility index (Phi) is 7.57. The number of hydrogen-bond donors (Lipinski definition) is 2. The molecule has 0 saturated heterocycles. The summed E-state index contributed by atoms with van der Waals surface area (Å²) in [6.45, 7) is 3.77. The first kappa shape index (κ1) is 20.4. The van der Waals surface area contributed by atoms with Crippen molar-refractivity contribution in [3.8, 4) is 0 Å². The van der Waals surface area contributed by atoms with Crippen LogP contribution in [0.25, 0.3) is 0 Å². The summed E-state index contributed by atoms with van der Waals surface area (Å²) in [7, 11) is 3.87. The van der Waals surface area contributed by atoms with Gasteiger partial charge in [-0.3, -0.25) is 4.68 Å². The maximum absolute atomic E-state index is 4.66. The maximum Gasteiger partial charge on any atom is 0.192 e. The van der Waals surface area contributed by atoms with E-state index in [1.807, 2.05) is 42.4 Å². The van der Waals surface area contributed by atoms with Crippen LogP contribution >= 0.6 is 35.3 Å². The summed E-state index contributed by atoms with van der Waals surface area (Å²) in [5.74, 6) is 2.48. The molecule has 140 valence electrons. The molecule has 0 aliphatic rings. The molecule has 0 aromatic carbocycles. The van der Waals surface area contributed by atoms with Gasteiger partial charge in [-0.2, -0.15) is 5.10 Å². The van der Waals surface area contributed by atoms with Crippen molar-refractivity contribution in [2.45, 2.75) is 26.6 Å². The lowest BCUT2D eigenvalue weighted by atomic mass is 10.4.